The summed E-state index contributed by atoms with van der Waals surface area (Å²) in [5, 5.41) is 16.1. The Balaban J connectivity index is 4.70. The number of aliphatic carboxylic acids is 1. The van der Waals surface area contributed by atoms with Crippen molar-refractivity contribution in [3.63, 3.8) is 0 Å². The van der Waals surface area contributed by atoms with Crippen molar-refractivity contribution in [2.45, 2.75) is 270 Å². The second-order valence-corrected chi connectivity index (χ2v) is 20.6. The molecule has 0 saturated heterocycles. The van der Waals surface area contributed by atoms with E-state index < -0.39 is 29.8 Å². The van der Waals surface area contributed by atoms with Crippen molar-refractivity contribution in [2.24, 2.45) is 17.4 Å². The standard InChI is InChI=1S/C55H106N4O8S/c1-3-5-7-9-11-13-15-17-19-21-23-27-31-36-53(62)66-45-49(67-54(63)37-32-28-24-22-20-18-16-14-12-10-8-6-4-2)46-68-47-50(57)51(60)44-48(55(64)65)38-39-52(61)59-43-35-42-58-41-34-30-26-25-29-33-40-56/h48-50,58H,3-47,56-57H2,1-2H3,(H,59,61)(H,64,65)/t48-,49?,50+/m1/s1. The van der Waals surface area contributed by atoms with Gasteiger partial charge in [-0.1, -0.05) is 194 Å². The number of carboxylic acid groups (broad SMARTS) is 1. The van der Waals surface area contributed by atoms with Crippen LogP contribution in [0.2, 0.25) is 0 Å². The highest BCUT2D eigenvalue weighted by Crippen LogP contribution is 2.18. The zero-order valence-electron chi connectivity index (χ0n) is 43.9. The number of ketones is 1. The van der Waals surface area contributed by atoms with Crippen molar-refractivity contribution in [1.82, 2.24) is 10.6 Å². The molecule has 1 unspecified atom stereocenters. The minimum atomic E-state index is -1.13. The molecule has 0 rings (SSSR count). The maximum atomic E-state index is 13.1. The third-order valence-corrected chi connectivity index (χ3v) is 14.1. The average Bonchev–Trinajstić information content (AvgIpc) is 3.32. The summed E-state index contributed by atoms with van der Waals surface area (Å²) in [6.07, 6.45) is 39.3. The van der Waals surface area contributed by atoms with Crippen molar-refractivity contribution in [3.8, 4) is 0 Å². The van der Waals surface area contributed by atoms with Crippen LogP contribution in [0.25, 0.3) is 0 Å². The van der Waals surface area contributed by atoms with Gasteiger partial charge in [-0.25, -0.2) is 0 Å². The van der Waals surface area contributed by atoms with E-state index in [9.17, 15) is 29.1 Å². The third kappa shape index (κ3) is 46.2. The second-order valence-electron chi connectivity index (χ2n) is 19.5. The van der Waals surface area contributed by atoms with Crippen molar-refractivity contribution in [2.75, 3.05) is 44.3 Å². The highest BCUT2D eigenvalue weighted by molar-refractivity contribution is 7.99. The van der Waals surface area contributed by atoms with Gasteiger partial charge in [0.15, 0.2) is 5.78 Å². The maximum Gasteiger partial charge on any atom is 0.306 e. The summed E-state index contributed by atoms with van der Waals surface area (Å²) in [5.41, 5.74) is 11.8. The quantitative estimate of drug-likeness (QED) is 0.0286. The molecule has 0 heterocycles. The molecule has 68 heavy (non-hydrogen) atoms. The molecule has 0 aromatic carbocycles. The van der Waals surface area contributed by atoms with Gasteiger partial charge in [0.05, 0.1) is 12.0 Å². The van der Waals surface area contributed by atoms with Gasteiger partial charge in [0.25, 0.3) is 0 Å². The molecule has 0 fully saturated rings. The molecule has 0 aromatic heterocycles. The monoisotopic (exact) mass is 983 g/mol. The molecule has 0 aliphatic rings. The molecule has 3 atom stereocenters. The fraction of sp³-hybridized carbons (Fsp3) is 0.909. The number of rotatable bonds is 54. The van der Waals surface area contributed by atoms with E-state index in [2.05, 4.69) is 24.5 Å². The largest absolute Gasteiger partial charge is 0.481 e. The Bertz CT molecular complexity index is 1200. The summed E-state index contributed by atoms with van der Waals surface area (Å²) in [5.74, 6) is -2.95. The van der Waals surface area contributed by atoms with Crippen LogP contribution in [0.4, 0.5) is 0 Å². The van der Waals surface area contributed by atoms with Gasteiger partial charge in [0.1, 0.15) is 12.7 Å². The average molecular weight is 984 g/mol. The van der Waals surface area contributed by atoms with Crippen LogP contribution >= 0.6 is 11.8 Å². The van der Waals surface area contributed by atoms with Crippen LogP contribution in [0.1, 0.15) is 258 Å². The lowest BCUT2D eigenvalue weighted by atomic mass is 9.95. The van der Waals surface area contributed by atoms with Crippen LogP contribution in [0.5, 0.6) is 0 Å². The molecular weight excluding hydrogens is 877 g/mol. The van der Waals surface area contributed by atoms with Gasteiger partial charge in [-0.2, -0.15) is 11.8 Å². The fourth-order valence-electron chi connectivity index (χ4n) is 8.38. The zero-order valence-corrected chi connectivity index (χ0v) is 44.7. The minimum Gasteiger partial charge on any atom is -0.481 e. The van der Waals surface area contributed by atoms with E-state index in [0.717, 1.165) is 77.4 Å². The van der Waals surface area contributed by atoms with E-state index >= 15 is 0 Å². The first-order valence-electron chi connectivity index (χ1n) is 28.3. The molecule has 0 spiro atoms. The van der Waals surface area contributed by atoms with Gasteiger partial charge in [0, 0.05) is 43.7 Å². The molecule has 13 heteroatoms. The van der Waals surface area contributed by atoms with Gasteiger partial charge in [-0.05, 0) is 58.2 Å². The Morgan fingerprint density at radius 3 is 1.46 bits per heavy atom. The van der Waals surface area contributed by atoms with E-state index in [1.165, 1.54) is 166 Å². The number of amides is 1. The first-order chi connectivity index (χ1) is 33.1. The predicted octanol–water partition coefficient (Wildman–Crippen LogP) is 12.3. The molecule has 0 radical (unpaired) electrons. The number of carbonyl (C=O) groups is 5. The van der Waals surface area contributed by atoms with Crippen molar-refractivity contribution in [1.29, 1.82) is 0 Å². The number of ether oxygens (including phenoxy) is 2. The molecule has 7 N–H and O–H groups in total. The van der Waals surface area contributed by atoms with Crippen molar-refractivity contribution < 1.29 is 38.6 Å². The smallest absolute Gasteiger partial charge is 0.306 e. The molecular formula is C55H106N4O8S. The second kappa shape index (κ2) is 51.1. The van der Waals surface area contributed by atoms with E-state index in [-0.39, 0.29) is 55.2 Å². The summed E-state index contributed by atoms with van der Waals surface area (Å²) in [7, 11) is 0. The van der Waals surface area contributed by atoms with Crippen LogP contribution in [-0.2, 0) is 33.4 Å². The molecule has 0 aliphatic heterocycles. The van der Waals surface area contributed by atoms with Crippen LogP contribution in [0.3, 0.4) is 0 Å². The van der Waals surface area contributed by atoms with Gasteiger partial charge in [0.2, 0.25) is 5.91 Å². The highest BCUT2D eigenvalue weighted by Gasteiger charge is 2.26. The summed E-state index contributed by atoms with van der Waals surface area (Å²) >= 11 is 1.32. The van der Waals surface area contributed by atoms with Gasteiger partial charge >= 0.3 is 17.9 Å². The Hall–Kier alpha value is -2.22. The SMILES string of the molecule is CCCCCCCCCCCCCCCC(=O)OCC(CSC[C@H](N)C(=O)C[C@@H](CCC(=O)NCCCNCCCCCCCCN)C(=O)O)OC(=O)CCCCCCCCCCCCCCC. The van der Waals surface area contributed by atoms with Crippen LogP contribution in [-0.4, -0.2) is 91.1 Å². The molecule has 1 amide bonds. The number of Topliss-reactive ketones (excluding diaryl/α,β-unsaturated/α-hetero) is 1. The predicted molar refractivity (Wildman–Crippen MR) is 284 cm³/mol. The number of hydrogen-bond acceptors (Lipinski definition) is 11. The number of thioether (sulfide) groups is 1. The summed E-state index contributed by atoms with van der Waals surface area (Å²) in [6, 6.07) is -0.931. The third-order valence-electron chi connectivity index (χ3n) is 12.9. The topological polar surface area (TPSA) is 200 Å². The number of nitrogens with two attached hydrogens (primary N) is 2. The summed E-state index contributed by atoms with van der Waals surface area (Å²) in [4.78, 5) is 63.2. The minimum absolute atomic E-state index is 0.0102. The summed E-state index contributed by atoms with van der Waals surface area (Å²) in [6.45, 7) is 7.44. The van der Waals surface area contributed by atoms with E-state index in [4.69, 9.17) is 20.9 Å². The maximum absolute atomic E-state index is 13.1. The molecule has 0 saturated carbocycles. The fourth-order valence-corrected chi connectivity index (χ4v) is 9.38. The lowest BCUT2D eigenvalue weighted by Gasteiger charge is -2.19. The van der Waals surface area contributed by atoms with E-state index in [1.807, 2.05) is 0 Å². The van der Waals surface area contributed by atoms with Crippen LogP contribution in [0, 0.1) is 5.92 Å². The number of carboxylic acids is 1. The first kappa shape index (κ1) is 65.8. The first-order valence-corrected chi connectivity index (χ1v) is 29.4. The number of nitrogens with one attached hydrogen (secondary N) is 2. The highest BCUT2D eigenvalue weighted by atomic mass is 32.2. The Kier molecular flexibility index (Phi) is 49.5. The number of carbonyl (C=O) groups excluding carboxylic acids is 4. The molecule has 0 bridgehead atoms. The zero-order chi connectivity index (χ0) is 50.0. The van der Waals surface area contributed by atoms with E-state index in [1.54, 1.807) is 0 Å². The van der Waals surface area contributed by atoms with Gasteiger partial charge in [-0.3, -0.25) is 24.0 Å². The van der Waals surface area contributed by atoms with Crippen molar-refractivity contribution in [3.05, 3.63) is 0 Å². The molecule has 0 aromatic rings. The lowest BCUT2D eigenvalue weighted by Crippen LogP contribution is -2.36. The lowest BCUT2D eigenvalue weighted by molar-refractivity contribution is -0.157. The van der Waals surface area contributed by atoms with E-state index in [0.29, 0.717) is 19.4 Å². The van der Waals surface area contributed by atoms with Crippen LogP contribution in [0.15, 0.2) is 0 Å². The number of esters is 2. The Labute approximate surface area is 420 Å². The van der Waals surface area contributed by atoms with Crippen LogP contribution < -0.4 is 22.1 Å². The number of hydrogen-bond donors (Lipinski definition) is 5. The number of unbranched alkanes of at least 4 members (excludes halogenated alkanes) is 29. The van der Waals surface area contributed by atoms with Gasteiger partial charge < -0.3 is 36.7 Å². The Morgan fingerprint density at radius 2 is 0.971 bits per heavy atom. The van der Waals surface area contributed by atoms with Crippen molar-refractivity contribution >= 4 is 41.4 Å². The Morgan fingerprint density at radius 1 is 0.529 bits per heavy atom. The summed E-state index contributed by atoms with van der Waals surface area (Å²) < 4.78 is 11.4. The molecule has 12 nitrogen and oxygen atoms in total. The van der Waals surface area contributed by atoms with Gasteiger partial charge in [-0.15, -0.1) is 0 Å². The molecule has 0 aliphatic carbocycles. The molecule has 400 valence electrons. The normalized spacial score (nSPS) is 12.7.